The van der Waals surface area contributed by atoms with Crippen molar-refractivity contribution in [2.75, 3.05) is 6.61 Å². The van der Waals surface area contributed by atoms with Gasteiger partial charge >= 0.3 is 6.03 Å². The quantitative estimate of drug-likeness (QED) is 0.705. The van der Waals surface area contributed by atoms with Crippen molar-refractivity contribution in [3.05, 3.63) is 48.0 Å². The standard InChI is InChI=1S/C17H24N2O2/c1-2-6-16(14-7-4-3-5-8-14)19-17(21)18-15-10-9-13(11-15)12-20/h3-5,7-10,13,15-16,20H,2,6,11-12H2,1H3,(H2,18,19,21)/t13-,15+,16+/m0/s1. The molecule has 1 aliphatic rings. The Morgan fingerprint density at radius 1 is 1.33 bits per heavy atom. The van der Waals surface area contributed by atoms with Crippen LogP contribution in [0.1, 0.15) is 37.8 Å². The van der Waals surface area contributed by atoms with Crippen LogP contribution in [0, 0.1) is 5.92 Å². The van der Waals surface area contributed by atoms with E-state index in [2.05, 4.69) is 17.6 Å². The second-order valence-electron chi connectivity index (χ2n) is 5.54. The van der Waals surface area contributed by atoms with Crippen LogP contribution in [0.5, 0.6) is 0 Å². The molecule has 0 aromatic heterocycles. The van der Waals surface area contributed by atoms with E-state index in [9.17, 15) is 4.79 Å². The van der Waals surface area contributed by atoms with Gasteiger partial charge < -0.3 is 15.7 Å². The molecule has 4 heteroatoms. The van der Waals surface area contributed by atoms with Gasteiger partial charge in [0.1, 0.15) is 0 Å². The van der Waals surface area contributed by atoms with Gasteiger partial charge in [-0.25, -0.2) is 4.79 Å². The molecule has 3 N–H and O–H groups in total. The third kappa shape index (κ3) is 4.60. The monoisotopic (exact) mass is 288 g/mol. The van der Waals surface area contributed by atoms with Crippen molar-refractivity contribution < 1.29 is 9.90 Å². The normalized spacial score (nSPS) is 22.0. The van der Waals surface area contributed by atoms with Gasteiger partial charge in [-0.15, -0.1) is 0 Å². The summed E-state index contributed by atoms with van der Waals surface area (Å²) in [4.78, 5) is 12.1. The summed E-state index contributed by atoms with van der Waals surface area (Å²) in [6.07, 6.45) is 6.62. The summed E-state index contributed by atoms with van der Waals surface area (Å²) in [6, 6.07) is 9.94. The molecule has 0 unspecified atom stereocenters. The Hall–Kier alpha value is -1.81. The predicted molar refractivity (Wildman–Crippen MR) is 83.9 cm³/mol. The molecule has 114 valence electrons. The van der Waals surface area contributed by atoms with Crippen molar-refractivity contribution in [3.63, 3.8) is 0 Å². The van der Waals surface area contributed by atoms with Crippen molar-refractivity contribution in [2.24, 2.45) is 5.92 Å². The van der Waals surface area contributed by atoms with Gasteiger partial charge in [0, 0.05) is 18.6 Å². The number of rotatable bonds is 6. The number of benzene rings is 1. The van der Waals surface area contributed by atoms with E-state index in [-0.39, 0.29) is 30.6 Å². The number of carbonyl (C=O) groups excluding carboxylic acids is 1. The van der Waals surface area contributed by atoms with Gasteiger partial charge in [0.25, 0.3) is 0 Å². The van der Waals surface area contributed by atoms with Crippen LogP contribution in [0.4, 0.5) is 4.79 Å². The first kappa shape index (κ1) is 15.6. The van der Waals surface area contributed by atoms with Crippen LogP contribution in [0.25, 0.3) is 0 Å². The Balaban J connectivity index is 1.89. The number of hydrogen-bond donors (Lipinski definition) is 3. The minimum Gasteiger partial charge on any atom is -0.396 e. The lowest BCUT2D eigenvalue weighted by Gasteiger charge is -2.21. The number of nitrogens with one attached hydrogen (secondary N) is 2. The summed E-state index contributed by atoms with van der Waals surface area (Å²) in [6.45, 7) is 2.25. The van der Waals surface area contributed by atoms with Crippen LogP contribution in [0.15, 0.2) is 42.5 Å². The lowest BCUT2D eigenvalue weighted by Crippen LogP contribution is -2.42. The molecule has 1 aromatic carbocycles. The fraction of sp³-hybridized carbons (Fsp3) is 0.471. The van der Waals surface area contributed by atoms with Gasteiger partial charge in [0.15, 0.2) is 0 Å². The topological polar surface area (TPSA) is 61.4 Å². The number of carbonyl (C=O) groups is 1. The van der Waals surface area contributed by atoms with Crippen molar-refractivity contribution in [1.82, 2.24) is 10.6 Å². The number of amides is 2. The molecular formula is C17H24N2O2. The minimum absolute atomic E-state index is 0.0141. The lowest BCUT2D eigenvalue weighted by atomic mass is 10.0. The molecule has 0 radical (unpaired) electrons. The third-order valence-corrected chi connectivity index (χ3v) is 3.81. The molecule has 2 rings (SSSR count). The molecule has 0 spiro atoms. The highest BCUT2D eigenvalue weighted by Gasteiger charge is 2.21. The molecule has 0 saturated heterocycles. The molecule has 4 nitrogen and oxygen atoms in total. The molecule has 0 aliphatic heterocycles. The fourth-order valence-corrected chi connectivity index (χ4v) is 2.68. The largest absolute Gasteiger partial charge is 0.396 e. The zero-order chi connectivity index (χ0) is 15.1. The summed E-state index contributed by atoms with van der Waals surface area (Å²) < 4.78 is 0. The van der Waals surface area contributed by atoms with Crippen LogP contribution in [0.3, 0.4) is 0 Å². The molecule has 21 heavy (non-hydrogen) atoms. The van der Waals surface area contributed by atoms with Crippen LogP contribution < -0.4 is 10.6 Å². The Labute approximate surface area is 126 Å². The molecular weight excluding hydrogens is 264 g/mol. The maximum atomic E-state index is 12.1. The SMILES string of the molecule is CCC[C@@H](NC(=O)N[C@@H]1C=C[C@H](CO)C1)c1ccccc1. The second-order valence-corrected chi connectivity index (χ2v) is 5.54. The van der Waals surface area contributed by atoms with Gasteiger partial charge in [-0.3, -0.25) is 0 Å². The van der Waals surface area contributed by atoms with Gasteiger partial charge in [-0.1, -0.05) is 55.8 Å². The van der Waals surface area contributed by atoms with E-state index >= 15 is 0 Å². The summed E-state index contributed by atoms with van der Waals surface area (Å²) in [5.41, 5.74) is 1.13. The van der Waals surface area contributed by atoms with E-state index in [1.807, 2.05) is 42.5 Å². The smallest absolute Gasteiger partial charge is 0.315 e. The zero-order valence-electron chi connectivity index (χ0n) is 12.5. The molecule has 1 aromatic rings. The number of urea groups is 1. The summed E-state index contributed by atoms with van der Waals surface area (Å²) >= 11 is 0. The molecule has 0 bridgehead atoms. The Morgan fingerprint density at radius 2 is 2.10 bits per heavy atom. The highest BCUT2D eigenvalue weighted by atomic mass is 16.3. The maximum Gasteiger partial charge on any atom is 0.315 e. The van der Waals surface area contributed by atoms with Gasteiger partial charge in [-0.05, 0) is 18.4 Å². The van der Waals surface area contributed by atoms with Crippen molar-refractivity contribution in [3.8, 4) is 0 Å². The first-order valence-electron chi connectivity index (χ1n) is 7.64. The van der Waals surface area contributed by atoms with E-state index in [1.165, 1.54) is 0 Å². The van der Waals surface area contributed by atoms with Crippen LogP contribution in [-0.2, 0) is 0 Å². The lowest BCUT2D eigenvalue weighted by molar-refractivity contribution is 0.228. The summed E-state index contributed by atoms with van der Waals surface area (Å²) in [5.74, 6) is 0.163. The molecule has 0 fully saturated rings. The van der Waals surface area contributed by atoms with Crippen molar-refractivity contribution in [2.45, 2.75) is 38.3 Å². The van der Waals surface area contributed by atoms with Crippen LogP contribution in [-0.4, -0.2) is 23.8 Å². The van der Waals surface area contributed by atoms with Crippen LogP contribution in [0.2, 0.25) is 0 Å². The first-order chi connectivity index (χ1) is 10.2. The van der Waals surface area contributed by atoms with Gasteiger partial charge in [-0.2, -0.15) is 0 Å². The fourth-order valence-electron chi connectivity index (χ4n) is 2.68. The van der Waals surface area contributed by atoms with E-state index in [0.717, 1.165) is 24.8 Å². The molecule has 0 heterocycles. The number of aliphatic hydroxyl groups is 1. The highest BCUT2D eigenvalue weighted by molar-refractivity contribution is 5.75. The third-order valence-electron chi connectivity index (χ3n) is 3.81. The minimum atomic E-state index is -0.148. The van der Waals surface area contributed by atoms with E-state index in [4.69, 9.17) is 5.11 Å². The van der Waals surface area contributed by atoms with Crippen molar-refractivity contribution >= 4 is 6.03 Å². The molecule has 1 aliphatic carbocycles. The van der Waals surface area contributed by atoms with Crippen molar-refractivity contribution in [1.29, 1.82) is 0 Å². The maximum absolute atomic E-state index is 12.1. The van der Waals surface area contributed by atoms with Crippen LogP contribution >= 0.6 is 0 Å². The highest BCUT2D eigenvalue weighted by Crippen LogP contribution is 2.19. The van der Waals surface area contributed by atoms with E-state index in [0.29, 0.717) is 0 Å². The van der Waals surface area contributed by atoms with E-state index in [1.54, 1.807) is 0 Å². The molecule has 2 amide bonds. The average Bonchev–Trinajstić information content (AvgIpc) is 2.95. The number of hydrogen-bond acceptors (Lipinski definition) is 2. The molecule has 3 atom stereocenters. The Kier molecular flexibility index (Phi) is 5.81. The average molecular weight is 288 g/mol. The Morgan fingerprint density at radius 3 is 2.71 bits per heavy atom. The van der Waals surface area contributed by atoms with Gasteiger partial charge in [0.05, 0.1) is 6.04 Å². The number of aliphatic hydroxyl groups excluding tert-OH is 1. The molecule has 0 saturated carbocycles. The Bertz CT molecular complexity index is 473. The van der Waals surface area contributed by atoms with Gasteiger partial charge in [0.2, 0.25) is 0 Å². The summed E-state index contributed by atoms with van der Waals surface area (Å²) in [7, 11) is 0. The van der Waals surface area contributed by atoms with E-state index < -0.39 is 0 Å². The predicted octanol–water partition coefficient (Wildman–Crippen LogP) is 2.76. The summed E-state index contributed by atoms with van der Waals surface area (Å²) in [5, 5.41) is 15.1. The zero-order valence-corrected chi connectivity index (χ0v) is 12.5. The second kappa shape index (κ2) is 7.84. The first-order valence-corrected chi connectivity index (χ1v) is 7.64.